The molecule has 1 rings (SSSR count). The minimum absolute atomic E-state index is 0.230. The van der Waals surface area contributed by atoms with Crippen LogP contribution in [0.2, 0.25) is 0 Å². The van der Waals surface area contributed by atoms with E-state index in [1.54, 1.807) is 0 Å². The molecule has 3 atom stereocenters. The van der Waals surface area contributed by atoms with Crippen molar-refractivity contribution in [3.8, 4) is 0 Å². The summed E-state index contributed by atoms with van der Waals surface area (Å²) in [4.78, 5) is 13.9. The van der Waals surface area contributed by atoms with Crippen molar-refractivity contribution in [3.63, 3.8) is 0 Å². The van der Waals surface area contributed by atoms with Crippen LogP contribution in [0.15, 0.2) is 0 Å². The van der Waals surface area contributed by atoms with Crippen LogP contribution in [0.3, 0.4) is 0 Å². The summed E-state index contributed by atoms with van der Waals surface area (Å²) in [5, 5.41) is 6.60. The predicted molar refractivity (Wildman–Crippen MR) is 81.9 cm³/mol. The van der Waals surface area contributed by atoms with Crippen molar-refractivity contribution in [1.29, 1.82) is 0 Å². The van der Waals surface area contributed by atoms with Gasteiger partial charge < -0.3 is 20.3 Å². The summed E-state index contributed by atoms with van der Waals surface area (Å²) in [5.74, 6) is 0. The summed E-state index contributed by atoms with van der Waals surface area (Å²) in [5.41, 5.74) is -0.430. The maximum atomic E-state index is 11.7. The molecule has 0 spiro atoms. The van der Waals surface area contributed by atoms with Gasteiger partial charge in [0.05, 0.1) is 0 Å². The molecule has 0 aliphatic heterocycles. The summed E-state index contributed by atoms with van der Waals surface area (Å²) in [6.45, 7) is 8.88. The predicted octanol–water partition coefficient (Wildman–Crippen LogP) is 1.97. The Kier molecular flexibility index (Phi) is 6.27. The molecule has 20 heavy (non-hydrogen) atoms. The molecule has 1 fully saturated rings. The Labute approximate surface area is 123 Å². The largest absolute Gasteiger partial charge is 0.444 e. The first kappa shape index (κ1) is 17.2. The zero-order valence-electron chi connectivity index (χ0n) is 13.8. The first-order valence-electron chi connectivity index (χ1n) is 7.56. The smallest absolute Gasteiger partial charge is 0.407 e. The molecule has 1 aliphatic carbocycles. The van der Waals surface area contributed by atoms with Crippen molar-refractivity contribution in [2.45, 2.75) is 70.7 Å². The van der Waals surface area contributed by atoms with Gasteiger partial charge in [-0.15, -0.1) is 0 Å². The van der Waals surface area contributed by atoms with Gasteiger partial charge in [-0.05, 0) is 61.1 Å². The van der Waals surface area contributed by atoms with Gasteiger partial charge >= 0.3 is 6.09 Å². The molecule has 1 aliphatic rings. The highest BCUT2D eigenvalue weighted by Crippen LogP contribution is 2.20. The molecule has 0 aromatic carbocycles. The van der Waals surface area contributed by atoms with Crippen LogP contribution < -0.4 is 10.6 Å². The average Bonchev–Trinajstić information content (AvgIpc) is 2.60. The molecule has 118 valence electrons. The first-order chi connectivity index (χ1) is 9.15. The SMILES string of the molecule is CC(CN(C)C)NC1CCC(NC(=O)OC(C)(C)C)C1. The van der Waals surface area contributed by atoms with Crippen LogP contribution in [0, 0.1) is 0 Å². The lowest BCUT2D eigenvalue weighted by Crippen LogP contribution is -2.42. The summed E-state index contributed by atoms with van der Waals surface area (Å²) in [7, 11) is 4.17. The number of nitrogens with one attached hydrogen (secondary N) is 2. The molecule has 0 radical (unpaired) electrons. The van der Waals surface area contributed by atoms with Crippen molar-refractivity contribution in [2.24, 2.45) is 0 Å². The van der Waals surface area contributed by atoms with Crippen LogP contribution in [-0.2, 0) is 4.74 Å². The van der Waals surface area contributed by atoms with Crippen LogP contribution >= 0.6 is 0 Å². The molecule has 0 saturated heterocycles. The zero-order chi connectivity index (χ0) is 15.3. The third-order valence-corrected chi connectivity index (χ3v) is 3.31. The second-order valence-electron chi connectivity index (χ2n) is 7.18. The molecule has 0 aromatic heterocycles. The second-order valence-corrected chi connectivity index (χ2v) is 7.18. The molecular weight excluding hydrogens is 254 g/mol. The van der Waals surface area contributed by atoms with Gasteiger partial charge in [0, 0.05) is 24.7 Å². The van der Waals surface area contributed by atoms with E-state index in [0.717, 1.165) is 25.8 Å². The monoisotopic (exact) mass is 285 g/mol. The van der Waals surface area contributed by atoms with E-state index in [1.807, 2.05) is 20.8 Å². The number of alkyl carbamates (subject to hydrolysis) is 1. The molecule has 1 amide bonds. The average molecular weight is 285 g/mol. The van der Waals surface area contributed by atoms with E-state index in [-0.39, 0.29) is 12.1 Å². The lowest BCUT2D eigenvalue weighted by atomic mass is 10.2. The van der Waals surface area contributed by atoms with E-state index >= 15 is 0 Å². The molecule has 0 aromatic rings. The van der Waals surface area contributed by atoms with Gasteiger partial charge in [-0.1, -0.05) is 0 Å². The maximum absolute atomic E-state index is 11.7. The fraction of sp³-hybridized carbons (Fsp3) is 0.933. The minimum atomic E-state index is -0.430. The minimum Gasteiger partial charge on any atom is -0.444 e. The second kappa shape index (κ2) is 7.27. The van der Waals surface area contributed by atoms with E-state index in [4.69, 9.17) is 4.74 Å². The standard InChI is InChI=1S/C15H31N3O2/c1-11(10-18(5)6)16-12-7-8-13(9-12)17-14(19)20-15(2,3)4/h11-13,16H,7-10H2,1-6H3,(H,17,19). The lowest BCUT2D eigenvalue weighted by molar-refractivity contribution is 0.0505. The van der Waals surface area contributed by atoms with E-state index in [9.17, 15) is 4.79 Å². The zero-order valence-corrected chi connectivity index (χ0v) is 13.8. The molecule has 0 bridgehead atoms. The van der Waals surface area contributed by atoms with Crippen molar-refractivity contribution in [3.05, 3.63) is 0 Å². The number of nitrogens with zero attached hydrogens (tertiary/aromatic N) is 1. The van der Waals surface area contributed by atoms with Gasteiger partial charge in [-0.2, -0.15) is 0 Å². The Bertz CT molecular complexity index is 313. The quantitative estimate of drug-likeness (QED) is 0.811. The number of hydrogen-bond acceptors (Lipinski definition) is 4. The van der Waals surface area contributed by atoms with E-state index < -0.39 is 5.60 Å². The summed E-state index contributed by atoms with van der Waals surface area (Å²) >= 11 is 0. The third kappa shape index (κ3) is 7.10. The first-order valence-corrected chi connectivity index (χ1v) is 7.56. The molecule has 0 heterocycles. The van der Waals surface area contributed by atoms with Gasteiger partial charge in [0.2, 0.25) is 0 Å². The topological polar surface area (TPSA) is 53.6 Å². The molecule has 1 saturated carbocycles. The van der Waals surface area contributed by atoms with Crippen LogP contribution in [0.25, 0.3) is 0 Å². The fourth-order valence-corrected chi connectivity index (χ4v) is 2.74. The number of carbonyl (C=O) groups excluding carboxylic acids is 1. The number of carbonyl (C=O) groups is 1. The Morgan fingerprint density at radius 2 is 1.90 bits per heavy atom. The Morgan fingerprint density at radius 3 is 2.45 bits per heavy atom. The highest BCUT2D eigenvalue weighted by molar-refractivity contribution is 5.68. The van der Waals surface area contributed by atoms with E-state index in [1.165, 1.54) is 0 Å². The van der Waals surface area contributed by atoms with Crippen LogP contribution in [0.1, 0.15) is 47.0 Å². The Balaban J connectivity index is 2.28. The van der Waals surface area contributed by atoms with Crippen molar-refractivity contribution < 1.29 is 9.53 Å². The molecule has 3 unspecified atom stereocenters. The maximum Gasteiger partial charge on any atom is 0.407 e. The van der Waals surface area contributed by atoms with Gasteiger partial charge in [0.1, 0.15) is 5.60 Å². The summed E-state index contributed by atoms with van der Waals surface area (Å²) in [6, 6.07) is 1.19. The number of hydrogen-bond donors (Lipinski definition) is 2. The number of likely N-dealkylation sites (N-methyl/N-ethyl adjacent to an activating group) is 1. The molecule has 2 N–H and O–H groups in total. The number of ether oxygens (including phenoxy) is 1. The highest BCUT2D eigenvalue weighted by atomic mass is 16.6. The highest BCUT2D eigenvalue weighted by Gasteiger charge is 2.28. The third-order valence-electron chi connectivity index (χ3n) is 3.31. The molecular formula is C15H31N3O2. The Morgan fingerprint density at radius 1 is 1.30 bits per heavy atom. The van der Waals surface area contributed by atoms with Crippen molar-refractivity contribution in [1.82, 2.24) is 15.5 Å². The van der Waals surface area contributed by atoms with E-state index in [2.05, 4.69) is 36.6 Å². The molecule has 5 nitrogen and oxygen atoms in total. The normalized spacial score (nSPS) is 24.8. The number of amides is 1. The van der Waals surface area contributed by atoms with Gasteiger partial charge in [-0.25, -0.2) is 4.79 Å². The summed E-state index contributed by atoms with van der Waals surface area (Å²) < 4.78 is 5.29. The van der Waals surface area contributed by atoms with E-state index in [0.29, 0.717) is 12.1 Å². The van der Waals surface area contributed by atoms with Gasteiger partial charge in [0.25, 0.3) is 0 Å². The van der Waals surface area contributed by atoms with Crippen LogP contribution in [-0.4, -0.2) is 55.4 Å². The van der Waals surface area contributed by atoms with Crippen molar-refractivity contribution in [2.75, 3.05) is 20.6 Å². The van der Waals surface area contributed by atoms with Crippen LogP contribution in [0.5, 0.6) is 0 Å². The van der Waals surface area contributed by atoms with Gasteiger partial charge in [-0.3, -0.25) is 0 Å². The fourth-order valence-electron chi connectivity index (χ4n) is 2.74. The van der Waals surface area contributed by atoms with Gasteiger partial charge in [0.15, 0.2) is 0 Å². The van der Waals surface area contributed by atoms with Crippen LogP contribution in [0.4, 0.5) is 4.79 Å². The lowest BCUT2D eigenvalue weighted by Gasteiger charge is -2.23. The Hall–Kier alpha value is -0.810. The number of rotatable bonds is 5. The van der Waals surface area contributed by atoms with Crippen molar-refractivity contribution >= 4 is 6.09 Å². The molecule has 5 heteroatoms. The summed E-state index contributed by atoms with van der Waals surface area (Å²) in [6.07, 6.45) is 2.81.